The van der Waals surface area contributed by atoms with Gasteiger partial charge in [-0.2, -0.15) is 8.78 Å². The maximum absolute atomic E-state index is 12.4. The zero-order valence-corrected chi connectivity index (χ0v) is 20.1. The fourth-order valence-corrected chi connectivity index (χ4v) is 3.58. The van der Waals surface area contributed by atoms with Gasteiger partial charge in [0.15, 0.2) is 5.96 Å². The summed E-state index contributed by atoms with van der Waals surface area (Å²) in [6.45, 7) is 3.42. The van der Waals surface area contributed by atoms with Crippen molar-refractivity contribution in [3.8, 4) is 5.75 Å². The Bertz CT molecular complexity index is 799. The van der Waals surface area contributed by atoms with Crippen LogP contribution >= 0.6 is 24.0 Å². The molecule has 170 valence electrons. The van der Waals surface area contributed by atoms with E-state index in [9.17, 15) is 8.78 Å². The number of alkyl halides is 2. The standard InChI is InChI=1S/C23H30F2N4O.HI/c1-2-26-23(27-16-19-9-6-10-21(15-19)30-22(24)25)28-20-11-13-29(14-12-20)17-18-7-4-3-5-8-18;/h3-10,15,20,22H,2,11-14,16-17H2,1H3,(H2,26,27,28);1H. The molecule has 2 N–H and O–H groups in total. The van der Waals surface area contributed by atoms with Gasteiger partial charge < -0.3 is 15.4 Å². The second kappa shape index (κ2) is 13.5. The lowest BCUT2D eigenvalue weighted by Crippen LogP contribution is -2.48. The third-order valence-electron chi connectivity index (χ3n) is 5.07. The van der Waals surface area contributed by atoms with E-state index in [-0.39, 0.29) is 29.7 Å². The molecule has 5 nitrogen and oxygen atoms in total. The third-order valence-corrected chi connectivity index (χ3v) is 5.07. The van der Waals surface area contributed by atoms with Gasteiger partial charge in [-0.25, -0.2) is 4.99 Å². The number of rotatable bonds is 8. The normalized spacial score (nSPS) is 15.4. The monoisotopic (exact) mass is 544 g/mol. The van der Waals surface area contributed by atoms with Crippen LogP contribution in [0.15, 0.2) is 59.6 Å². The average molecular weight is 544 g/mol. The zero-order chi connectivity index (χ0) is 21.2. The highest BCUT2D eigenvalue weighted by atomic mass is 127. The van der Waals surface area contributed by atoms with Crippen LogP contribution in [0.3, 0.4) is 0 Å². The van der Waals surface area contributed by atoms with Gasteiger partial charge in [0.2, 0.25) is 0 Å². The number of ether oxygens (including phenoxy) is 1. The van der Waals surface area contributed by atoms with Gasteiger partial charge in [0.25, 0.3) is 0 Å². The zero-order valence-electron chi connectivity index (χ0n) is 17.8. The van der Waals surface area contributed by atoms with Gasteiger partial charge in [-0.15, -0.1) is 24.0 Å². The maximum atomic E-state index is 12.4. The van der Waals surface area contributed by atoms with Crippen LogP contribution in [0.25, 0.3) is 0 Å². The van der Waals surface area contributed by atoms with Gasteiger partial charge in [0, 0.05) is 32.2 Å². The first kappa shape index (κ1) is 25.3. The summed E-state index contributed by atoms with van der Waals surface area (Å²) >= 11 is 0. The molecule has 0 aromatic heterocycles. The van der Waals surface area contributed by atoms with Gasteiger partial charge >= 0.3 is 6.61 Å². The van der Waals surface area contributed by atoms with E-state index in [0.29, 0.717) is 12.6 Å². The molecule has 2 aromatic carbocycles. The molecule has 0 radical (unpaired) electrons. The third kappa shape index (κ3) is 8.98. The maximum Gasteiger partial charge on any atom is 0.387 e. The van der Waals surface area contributed by atoms with Crippen molar-refractivity contribution in [1.82, 2.24) is 15.5 Å². The van der Waals surface area contributed by atoms with Crippen molar-refractivity contribution in [3.05, 3.63) is 65.7 Å². The summed E-state index contributed by atoms with van der Waals surface area (Å²) in [5.74, 6) is 0.903. The fourth-order valence-electron chi connectivity index (χ4n) is 3.58. The molecular formula is C23H31F2IN4O. The highest BCUT2D eigenvalue weighted by Gasteiger charge is 2.20. The predicted molar refractivity (Wildman–Crippen MR) is 131 cm³/mol. The number of piperidine rings is 1. The fraction of sp³-hybridized carbons (Fsp3) is 0.435. The predicted octanol–water partition coefficient (Wildman–Crippen LogP) is 4.63. The molecule has 1 heterocycles. The van der Waals surface area contributed by atoms with Crippen LogP contribution in [0.4, 0.5) is 8.78 Å². The first-order valence-corrected chi connectivity index (χ1v) is 10.5. The van der Waals surface area contributed by atoms with E-state index in [1.54, 1.807) is 12.1 Å². The van der Waals surface area contributed by atoms with Crippen molar-refractivity contribution in [2.75, 3.05) is 19.6 Å². The SMILES string of the molecule is CCNC(=NCc1cccc(OC(F)F)c1)NC1CCN(Cc2ccccc2)CC1.I. The van der Waals surface area contributed by atoms with Crippen LogP contribution in [-0.4, -0.2) is 43.1 Å². The van der Waals surface area contributed by atoms with Crippen LogP contribution in [0.2, 0.25) is 0 Å². The Kier molecular flexibility index (Phi) is 11.0. The molecule has 1 saturated heterocycles. The molecule has 3 rings (SSSR count). The molecule has 8 heteroatoms. The molecular weight excluding hydrogens is 513 g/mol. The summed E-state index contributed by atoms with van der Waals surface area (Å²) in [5, 5.41) is 6.79. The highest BCUT2D eigenvalue weighted by molar-refractivity contribution is 14.0. The van der Waals surface area contributed by atoms with Crippen LogP contribution in [-0.2, 0) is 13.1 Å². The van der Waals surface area contributed by atoms with E-state index in [4.69, 9.17) is 0 Å². The first-order valence-electron chi connectivity index (χ1n) is 10.5. The Labute approximate surface area is 200 Å². The van der Waals surface area contributed by atoms with E-state index in [0.717, 1.165) is 50.5 Å². The lowest BCUT2D eigenvalue weighted by atomic mass is 10.0. The summed E-state index contributed by atoms with van der Waals surface area (Å²) < 4.78 is 29.3. The quantitative estimate of drug-likeness (QED) is 0.289. The van der Waals surface area contributed by atoms with Gasteiger partial charge in [0.1, 0.15) is 5.75 Å². The Balaban J connectivity index is 0.00000341. The number of nitrogens with zero attached hydrogens (tertiary/aromatic N) is 2. The molecule has 0 saturated carbocycles. The molecule has 0 amide bonds. The molecule has 1 aliphatic heterocycles. The van der Waals surface area contributed by atoms with Crippen LogP contribution in [0, 0.1) is 0 Å². The molecule has 0 bridgehead atoms. The van der Waals surface area contributed by atoms with Crippen LogP contribution < -0.4 is 15.4 Å². The van der Waals surface area contributed by atoms with Crippen molar-refractivity contribution >= 4 is 29.9 Å². The number of halogens is 3. The second-order valence-electron chi connectivity index (χ2n) is 7.40. The van der Waals surface area contributed by atoms with Crippen molar-refractivity contribution in [2.45, 2.75) is 45.5 Å². The second-order valence-corrected chi connectivity index (χ2v) is 7.40. The molecule has 0 atom stereocenters. The lowest BCUT2D eigenvalue weighted by Gasteiger charge is -2.33. The van der Waals surface area contributed by atoms with E-state index in [2.05, 4.69) is 49.5 Å². The van der Waals surface area contributed by atoms with Gasteiger partial charge in [-0.1, -0.05) is 42.5 Å². The van der Waals surface area contributed by atoms with E-state index >= 15 is 0 Å². The summed E-state index contributed by atoms with van der Waals surface area (Å²) in [6, 6.07) is 17.6. The van der Waals surface area contributed by atoms with Crippen LogP contribution in [0.1, 0.15) is 30.9 Å². The van der Waals surface area contributed by atoms with Crippen molar-refractivity contribution in [2.24, 2.45) is 4.99 Å². The highest BCUT2D eigenvalue weighted by Crippen LogP contribution is 2.17. The number of nitrogens with one attached hydrogen (secondary N) is 2. The van der Waals surface area contributed by atoms with E-state index < -0.39 is 6.61 Å². The molecule has 2 aromatic rings. The summed E-state index contributed by atoms with van der Waals surface area (Å²) in [4.78, 5) is 7.10. The number of hydrogen-bond acceptors (Lipinski definition) is 3. The number of guanidine groups is 1. The van der Waals surface area contributed by atoms with Gasteiger partial charge in [-0.05, 0) is 43.0 Å². The molecule has 0 unspecified atom stereocenters. The van der Waals surface area contributed by atoms with E-state index in [1.807, 2.05) is 19.1 Å². The number of hydrogen-bond donors (Lipinski definition) is 2. The lowest BCUT2D eigenvalue weighted by molar-refractivity contribution is -0.0498. The molecule has 0 spiro atoms. The minimum atomic E-state index is -2.82. The number of likely N-dealkylation sites (tertiary alicyclic amines) is 1. The molecule has 1 fully saturated rings. The Morgan fingerprint density at radius 1 is 1.10 bits per heavy atom. The first-order chi connectivity index (χ1) is 14.6. The molecule has 0 aliphatic carbocycles. The summed E-state index contributed by atoms with van der Waals surface area (Å²) in [6.07, 6.45) is 2.10. The minimum Gasteiger partial charge on any atom is -0.435 e. The van der Waals surface area contributed by atoms with E-state index in [1.165, 1.54) is 11.6 Å². The molecule has 31 heavy (non-hydrogen) atoms. The van der Waals surface area contributed by atoms with Crippen molar-refractivity contribution in [3.63, 3.8) is 0 Å². The number of aliphatic imine (C=N–C) groups is 1. The van der Waals surface area contributed by atoms with Gasteiger partial charge in [0.05, 0.1) is 6.54 Å². The Morgan fingerprint density at radius 2 is 1.81 bits per heavy atom. The summed E-state index contributed by atoms with van der Waals surface area (Å²) in [7, 11) is 0. The smallest absolute Gasteiger partial charge is 0.387 e. The largest absolute Gasteiger partial charge is 0.435 e. The van der Waals surface area contributed by atoms with Gasteiger partial charge in [-0.3, -0.25) is 4.90 Å². The molecule has 1 aliphatic rings. The Morgan fingerprint density at radius 3 is 2.48 bits per heavy atom. The summed E-state index contributed by atoms with van der Waals surface area (Å²) in [5.41, 5.74) is 2.17. The average Bonchev–Trinajstić information content (AvgIpc) is 2.74. The van der Waals surface area contributed by atoms with Crippen molar-refractivity contribution in [1.29, 1.82) is 0 Å². The topological polar surface area (TPSA) is 48.9 Å². The minimum absolute atomic E-state index is 0. The number of benzene rings is 2. The Hall–Kier alpha value is -1.94. The van der Waals surface area contributed by atoms with Crippen molar-refractivity contribution < 1.29 is 13.5 Å². The van der Waals surface area contributed by atoms with Crippen LogP contribution in [0.5, 0.6) is 5.75 Å².